The number of methoxy groups -OCH3 is 1. The Morgan fingerprint density at radius 1 is 1.10 bits per heavy atom. The fraction of sp³-hybridized carbons (Fsp3) is 0.286. The van der Waals surface area contributed by atoms with Crippen LogP contribution in [-0.2, 0) is 11.3 Å². The van der Waals surface area contributed by atoms with Gasteiger partial charge in [0.15, 0.2) is 5.16 Å². The lowest BCUT2D eigenvalue weighted by molar-refractivity contribution is 0.190. The number of benzene rings is 2. The van der Waals surface area contributed by atoms with Gasteiger partial charge in [-0.05, 0) is 24.1 Å². The van der Waals surface area contributed by atoms with Crippen molar-refractivity contribution < 1.29 is 9.84 Å². The molecule has 0 bridgehead atoms. The van der Waals surface area contributed by atoms with Crippen molar-refractivity contribution >= 4 is 28.4 Å². The number of nitrogens with zero attached hydrogens (tertiary/aromatic N) is 4. The van der Waals surface area contributed by atoms with Crippen LogP contribution < -0.4 is 5.56 Å². The minimum atomic E-state index is -0.618. The predicted octanol–water partition coefficient (Wildman–Crippen LogP) is 2.91. The molecular formula is C21H22N4O3S. The molecule has 2 aromatic carbocycles. The van der Waals surface area contributed by atoms with Crippen LogP contribution in [0, 0.1) is 0 Å². The zero-order chi connectivity index (χ0) is 20.2. The van der Waals surface area contributed by atoms with E-state index in [0.717, 1.165) is 11.1 Å². The van der Waals surface area contributed by atoms with Gasteiger partial charge in [-0.2, -0.15) is 0 Å². The smallest absolute Gasteiger partial charge is 0.262 e. The number of para-hydroxylation sites is 1. The minimum Gasteiger partial charge on any atom is -0.388 e. The van der Waals surface area contributed by atoms with E-state index in [0.29, 0.717) is 41.6 Å². The fourth-order valence-corrected chi connectivity index (χ4v) is 4.23. The van der Waals surface area contributed by atoms with Gasteiger partial charge in [0.2, 0.25) is 5.78 Å². The SMILES string of the molecule is COCCCn1c(=O)c2ccccc2n2c(SC[C@H](O)c3ccccc3)nnc12. The van der Waals surface area contributed by atoms with Crippen molar-refractivity contribution in [1.82, 2.24) is 19.2 Å². The van der Waals surface area contributed by atoms with Crippen LogP contribution in [0.4, 0.5) is 0 Å². The second kappa shape index (κ2) is 8.77. The zero-order valence-corrected chi connectivity index (χ0v) is 16.9. The van der Waals surface area contributed by atoms with Crippen molar-refractivity contribution in [2.75, 3.05) is 19.5 Å². The molecule has 0 radical (unpaired) electrons. The third-order valence-corrected chi connectivity index (χ3v) is 5.77. The molecule has 7 nitrogen and oxygen atoms in total. The highest BCUT2D eigenvalue weighted by atomic mass is 32.2. The van der Waals surface area contributed by atoms with E-state index in [1.54, 1.807) is 11.7 Å². The average molecular weight is 410 g/mol. The summed E-state index contributed by atoms with van der Waals surface area (Å²) in [6, 6.07) is 17.0. The predicted molar refractivity (Wildman–Crippen MR) is 113 cm³/mol. The maximum absolute atomic E-state index is 13.0. The van der Waals surface area contributed by atoms with Crippen LogP contribution in [0.15, 0.2) is 64.5 Å². The number of aliphatic hydroxyl groups excluding tert-OH is 1. The summed E-state index contributed by atoms with van der Waals surface area (Å²) in [7, 11) is 1.64. The van der Waals surface area contributed by atoms with E-state index in [1.165, 1.54) is 11.8 Å². The number of thioether (sulfide) groups is 1. The molecule has 0 unspecified atom stereocenters. The molecule has 0 aliphatic carbocycles. The first kappa shape index (κ1) is 19.6. The van der Waals surface area contributed by atoms with Crippen LogP contribution in [0.5, 0.6) is 0 Å². The van der Waals surface area contributed by atoms with E-state index in [1.807, 2.05) is 59.0 Å². The van der Waals surface area contributed by atoms with Gasteiger partial charge >= 0.3 is 0 Å². The van der Waals surface area contributed by atoms with Crippen molar-refractivity contribution in [2.45, 2.75) is 24.2 Å². The Morgan fingerprint density at radius 2 is 1.86 bits per heavy atom. The second-order valence-electron chi connectivity index (χ2n) is 6.68. The van der Waals surface area contributed by atoms with Crippen LogP contribution in [0.3, 0.4) is 0 Å². The van der Waals surface area contributed by atoms with E-state index >= 15 is 0 Å². The molecule has 4 rings (SSSR count). The molecule has 8 heteroatoms. The standard InChI is InChI=1S/C21H22N4O3S/c1-28-13-7-12-24-19(27)16-10-5-6-11-17(16)25-20(24)22-23-21(25)29-14-18(26)15-8-3-2-4-9-15/h2-6,8-11,18,26H,7,12-14H2,1H3/t18-/m0/s1. The molecule has 1 atom stereocenters. The summed E-state index contributed by atoms with van der Waals surface area (Å²) >= 11 is 1.42. The molecule has 29 heavy (non-hydrogen) atoms. The summed E-state index contributed by atoms with van der Waals surface area (Å²) in [6.07, 6.45) is 0.0827. The maximum Gasteiger partial charge on any atom is 0.262 e. The fourth-order valence-electron chi connectivity index (χ4n) is 3.32. The normalized spacial score (nSPS) is 12.6. The van der Waals surface area contributed by atoms with Crippen LogP contribution in [0.1, 0.15) is 18.1 Å². The Hall–Kier alpha value is -2.68. The van der Waals surface area contributed by atoms with Gasteiger partial charge in [-0.15, -0.1) is 10.2 Å². The third kappa shape index (κ3) is 3.91. The number of aliphatic hydroxyl groups is 1. The van der Waals surface area contributed by atoms with Crippen LogP contribution in [0.25, 0.3) is 16.7 Å². The summed E-state index contributed by atoms with van der Waals surface area (Å²) in [4.78, 5) is 13.0. The molecule has 2 aromatic heterocycles. The summed E-state index contributed by atoms with van der Waals surface area (Å²) in [5.74, 6) is 0.934. The van der Waals surface area contributed by atoms with E-state index in [4.69, 9.17) is 4.74 Å². The molecule has 0 fully saturated rings. The summed E-state index contributed by atoms with van der Waals surface area (Å²) in [6.45, 7) is 1.06. The maximum atomic E-state index is 13.0. The number of fused-ring (bicyclic) bond motifs is 3. The molecule has 150 valence electrons. The first-order chi connectivity index (χ1) is 14.2. The van der Waals surface area contributed by atoms with Gasteiger partial charge in [0, 0.05) is 26.0 Å². The Kier molecular flexibility index (Phi) is 5.94. The number of ether oxygens (including phenoxy) is 1. The Labute approximate surface area is 172 Å². The van der Waals surface area contributed by atoms with Crippen molar-refractivity contribution in [3.05, 3.63) is 70.5 Å². The summed E-state index contributed by atoms with van der Waals surface area (Å²) in [5, 5.41) is 20.4. The van der Waals surface area contributed by atoms with Crippen molar-refractivity contribution in [1.29, 1.82) is 0 Å². The summed E-state index contributed by atoms with van der Waals surface area (Å²) in [5.41, 5.74) is 1.53. The van der Waals surface area contributed by atoms with Crippen molar-refractivity contribution in [3.63, 3.8) is 0 Å². The number of rotatable bonds is 8. The molecule has 0 aliphatic heterocycles. The van der Waals surface area contributed by atoms with Gasteiger partial charge in [-0.1, -0.05) is 54.2 Å². The van der Waals surface area contributed by atoms with Gasteiger partial charge in [-0.25, -0.2) is 0 Å². The molecule has 1 N–H and O–H groups in total. The van der Waals surface area contributed by atoms with E-state index in [2.05, 4.69) is 10.2 Å². The van der Waals surface area contributed by atoms with Gasteiger partial charge in [0.05, 0.1) is 17.0 Å². The average Bonchev–Trinajstić information content (AvgIpc) is 3.19. The lowest BCUT2D eigenvalue weighted by Crippen LogP contribution is -2.24. The molecule has 0 amide bonds. The second-order valence-corrected chi connectivity index (χ2v) is 7.66. The van der Waals surface area contributed by atoms with Gasteiger partial charge in [0.25, 0.3) is 5.56 Å². The van der Waals surface area contributed by atoms with Crippen LogP contribution >= 0.6 is 11.8 Å². The molecular weight excluding hydrogens is 388 g/mol. The molecule has 0 spiro atoms. The Bertz CT molecular complexity index is 1170. The Morgan fingerprint density at radius 3 is 2.66 bits per heavy atom. The topological polar surface area (TPSA) is 81.7 Å². The molecule has 0 saturated heterocycles. The van der Waals surface area contributed by atoms with Gasteiger partial charge < -0.3 is 9.84 Å². The lowest BCUT2D eigenvalue weighted by Gasteiger charge is -2.12. The first-order valence-corrected chi connectivity index (χ1v) is 10.4. The Balaban J connectivity index is 1.73. The van der Waals surface area contributed by atoms with Crippen molar-refractivity contribution in [3.8, 4) is 0 Å². The highest BCUT2D eigenvalue weighted by Crippen LogP contribution is 2.26. The van der Waals surface area contributed by atoms with Crippen LogP contribution in [0.2, 0.25) is 0 Å². The number of hydrogen-bond acceptors (Lipinski definition) is 6. The van der Waals surface area contributed by atoms with Gasteiger partial charge in [0.1, 0.15) is 0 Å². The molecule has 2 heterocycles. The zero-order valence-electron chi connectivity index (χ0n) is 16.1. The van der Waals surface area contributed by atoms with Crippen molar-refractivity contribution in [2.24, 2.45) is 0 Å². The van der Waals surface area contributed by atoms with Gasteiger partial charge in [-0.3, -0.25) is 13.8 Å². The monoisotopic (exact) mass is 410 g/mol. The lowest BCUT2D eigenvalue weighted by atomic mass is 10.1. The summed E-state index contributed by atoms with van der Waals surface area (Å²) < 4.78 is 8.66. The van der Waals surface area contributed by atoms with E-state index in [-0.39, 0.29) is 5.56 Å². The quantitative estimate of drug-likeness (QED) is 0.355. The van der Waals surface area contributed by atoms with E-state index in [9.17, 15) is 9.90 Å². The number of aryl methyl sites for hydroxylation is 1. The molecule has 0 aliphatic rings. The molecule has 4 aromatic rings. The highest BCUT2D eigenvalue weighted by Gasteiger charge is 2.18. The van der Waals surface area contributed by atoms with E-state index < -0.39 is 6.10 Å². The van der Waals surface area contributed by atoms with Crippen LogP contribution in [-0.4, -0.2) is 43.7 Å². The molecule has 0 saturated carbocycles. The highest BCUT2D eigenvalue weighted by molar-refractivity contribution is 7.99. The first-order valence-electron chi connectivity index (χ1n) is 9.42. The minimum absolute atomic E-state index is 0.0857. The number of hydrogen-bond donors (Lipinski definition) is 1. The largest absolute Gasteiger partial charge is 0.388 e. The third-order valence-electron chi connectivity index (χ3n) is 4.76. The number of aromatic nitrogens is 4.